The van der Waals surface area contributed by atoms with Crippen LogP contribution in [-0.4, -0.2) is 37.0 Å². The van der Waals surface area contributed by atoms with Crippen molar-refractivity contribution in [3.63, 3.8) is 0 Å². The third-order valence-electron chi connectivity index (χ3n) is 2.98. The van der Waals surface area contributed by atoms with Gasteiger partial charge in [-0.15, -0.1) is 0 Å². The van der Waals surface area contributed by atoms with Gasteiger partial charge >= 0.3 is 6.03 Å². The van der Waals surface area contributed by atoms with Crippen LogP contribution in [0.15, 0.2) is 30.3 Å². The number of benzene rings is 1. The van der Waals surface area contributed by atoms with Gasteiger partial charge in [0.25, 0.3) is 0 Å². The van der Waals surface area contributed by atoms with Gasteiger partial charge in [-0.3, -0.25) is 4.79 Å². The van der Waals surface area contributed by atoms with Gasteiger partial charge in [0.15, 0.2) is 0 Å². The Bertz CT molecular complexity index is 446. The van der Waals surface area contributed by atoms with Crippen LogP contribution in [0.2, 0.25) is 0 Å². The summed E-state index contributed by atoms with van der Waals surface area (Å²) in [5.41, 5.74) is 1.09. The maximum Gasteiger partial charge on any atom is 0.314 e. The minimum absolute atomic E-state index is 0.0167. The largest absolute Gasteiger partial charge is 0.341 e. The van der Waals surface area contributed by atoms with Crippen LogP contribution in [-0.2, 0) is 11.3 Å². The van der Waals surface area contributed by atoms with E-state index in [4.69, 9.17) is 0 Å². The fraction of sp³-hybridized carbons (Fsp3) is 0.500. The van der Waals surface area contributed by atoms with E-state index >= 15 is 0 Å². The van der Waals surface area contributed by atoms with E-state index in [0.29, 0.717) is 32.0 Å². The van der Waals surface area contributed by atoms with E-state index in [1.54, 1.807) is 11.9 Å². The molecule has 0 heterocycles. The second-order valence-electron chi connectivity index (χ2n) is 5.52. The van der Waals surface area contributed by atoms with Crippen molar-refractivity contribution in [1.82, 2.24) is 15.5 Å². The highest BCUT2D eigenvalue weighted by Gasteiger charge is 2.09. The van der Waals surface area contributed by atoms with Crippen LogP contribution in [0.3, 0.4) is 0 Å². The molecule has 5 heteroatoms. The van der Waals surface area contributed by atoms with Gasteiger partial charge < -0.3 is 15.5 Å². The molecule has 2 N–H and O–H groups in total. The molecule has 1 aromatic carbocycles. The lowest BCUT2D eigenvalue weighted by Crippen LogP contribution is -2.39. The van der Waals surface area contributed by atoms with Gasteiger partial charge in [-0.2, -0.15) is 0 Å². The van der Waals surface area contributed by atoms with Crippen LogP contribution in [0.1, 0.15) is 25.8 Å². The van der Waals surface area contributed by atoms with Gasteiger partial charge in [0.2, 0.25) is 5.91 Å². The summed E-state index contributed by atoms with van der Waals surface area (Å²) in [6.45, 7) is 5.62. The molecule has 0 saturated heterocycles. The Hall–Kier alpha value is -2.04. The van der Waals surface area contributed by atoms with E-state index in [2.05, 4.69) is 10.6 Å². The molecule has 1 aromatic rings. The van der Waals surface area contributed by atoms with Gasteiger partial charge in [-0.25, -0.2) is 4.79 Å². The average molecular weight is 291 g/mol. The topological polar surface area (TPSA) is 61.4 Å². The standard InChI is InChI=1S/C16H25N3O2/c1-13(2)11-18-16(21)17-10-9-15(20)19(3)12-14-7-5-4-6-8-14/h4-8,13H,9-12H2,1-3H3,(H2,17,18,21). The summed E-state index contributed by atoms with van der Waals surface area (Å²) in [6, 6.07) is 9.61. The van der Waals surface area contributed by atoms with Crippen LogP contribution < -0.4 is 10.6 Å². The summed E-state index contributed by atoms with van der Waals surface area (Å²) in [4.78, 5) is 25.1. The lowest BCUT2D eigenvalue weighted by molar-refractivity contribution is -0.130. The summed E-state index contributed by atoms with van der Waals surface area (Å²) < 4.78 is 0. The molecule has 0 aliphatic rings. The number of amides is 3. The summed E-state index contributed by atoms with van der Waals surface area (Å²) in [5.74, 6) is 0.428. The van der Waals surface area contributed by atoms with E-state index in [9.17, 15) is 9.59 Å². The Kier molecular flexibility index (Phi) is 7.29. The van der Waals surface area contributed by atoms with Crippen molar-refractivity contribution in [2.45, 2.75) is 26.8 Å². The Morgan fingerprint density at radius 3 is 2.43 bits per heavy atom. The number of hydrogen-bond donors (Lipinski definition) is 2. The monoisotopic (exact) mass is 291 g/mol. The molecule has 0 saturated carbocycles. The zero-order chi connectivity index (χ0) is 15.7. The first-order valence-electron chi connectivity index (χ1n) is 7.28. The van der Waals surface area contributed by atoms with Crippen molar-refractivity contribution >= 4 is 11.9 Å². The highest BCUT2D eigenvalue weighted by molar-refractivity contribution is 5.78. The third-order valence-corrected chi connectivity index (χ3v) is 2.98. The number of urea groups is 1. The highest BCUT2D eigenvalue weighted by Crippen LogP contribution is 2.03. The fourth-order valence-electron chi connectivity index (χ4n) is 1.78. The van der Waals surface area contributed by atoms with E-state index in [1.807, 2.05) is 44.2 Å². The molecule has 0 aromatic heterocycles. The molecule has 0 bridgehead atoms. The molecule has 0 unspecified atom stereocenters. The molecular weight excluding hydrogens is 266 g/mol. The van der Waals surface area contributed by atoms with E-state index < -0.39 is 0 Å². The van der Waals surface area contributed by atoms with E-state index in [0.717, 1.165) is 5.56 Å². The first-order valence-corrected chi connectivity index (χ1v) is 7.28. The molecule has 0 fully saturated rings. The van der Waals surface area contributed by atoms with Gasteiger partial charge in [-0.1, -0.05) is 44.2 Å². The van der Waals surface area contributed by atoms with Crippen molar-refractivity contribution in [2.24, 2.45) is 5.92 Å². The molecule has 0 radical (unpaired) electrons. The molecular formula is C16H25N3O2. The van der Waals surface area contributed by atoms with Crippen LogP contribution in [0.25, 0.3) is 0 Å². The number of rotatable bonds is 7. The quantitative estimate of drug-likeness (QED) is 0.807. The first-order chi connectivity index (χ1) is 9.99. The van der Waals surface area contributed by atoms with Gasteiger partial charge in [0.1, 0.15) is 0 Å². The molecule has 0 spiro atoms. The summed E-state index contributed by atoms with van der Waals surface area (Å²) in [7, 11) is 1.77. The second-order valence-corrected chi connectivity index (χ2v) is 5.52. The minimum Gasteiger partial charge on any atom is -0.341 e. The normalized spacial score (nSPS) is 10.3. The lowest BCUT2D eigenvalue weighted by Gasteiger charge is -2.17. The maximum absolute atomic E-state index is 11.9. The van der Waals surface area contributed by atoms with Crippen LogP contribution in [0.5, 0.6) is 0 Å². The number of carbonyl (C=O) groups is 2. The summed E-state index contributed by atoms with van der Waals surface area (Å²) in [5, 5.41) is 5.44. The van der Waals surface area contributed by atoms with Crippen molar-refractivity contribution in [3.05, 3.63) is 35.9 Å². The summed E-state index contributed by atoms with van der Waals surface area (Å²) >= 11 is 0. The SMILES string of the molecule is CC(C)CNC(=O)NCCC(=O)N(C)Cc1ccccc1. The fourth-order valence-corrected chi connectivity index (χ4v) is 1.78. The second kappa shape index (κ2) is 9.00. The molecule has 0 atom stereocenters. The smallest absolute Gasteiger partial charge is 0.314 e. The maximum atomic E-state index is 11.9. The Morgan fingerprint density at radius 2 is 1.81 bits per heavy atom. The third kappa shape index (κ3) is 7.34. The number of hydrogen-bond acceptors (Lipinski definition) is 2. The number of carbonyl (C=O) groups excluding carboxylic acids is 2. The number of nitrogens with zero attached hydrogens (tertiary/aromatic N) is 1. The van der Waals surface area contributed by atoms with Crippen LogP contribution in [0, 0.1) is 5.92 Å². The van der Waals surface area contributed by atoms with E-state index in [1.165, 1.54) is 0 Å². The zero-order valence-electron chi connectivity index (χ0n) is 13.1. The first kappa shape index (κ1) is 17.0. The summed E-state index contributed by atoms with van der Waals surface area (Å²) in [6.07, 6.45) is 0.304. The van der Waals surface area contributed by atoms with E-state index in [-0.39, 0.29) is 11.9 Å². The lowest BCUT2D eigenvalue weighted by atomic mass is 10.2. The van der Waals surface area contributed by atoms with Crippen molar-refractivity contribution in [2.75, 3.05) is 20.1 Å². The van der Waals surface area contributed by atoms with Gasteiger partial charge in [-0.05, 0) is 11.5 Å². The van der Waals surface area contributed by atoms with Gasteiger partial charge in [0, 0.05) is 33.1 Å². The minimum atomic E-state index is -0.220. The predicted molar refractivity (Wildman–Crippen MR) is 83.8 cm³/mol. The average Bonchev–Trinajstić information content (AvgIpc) is 2.46. The van der Waals surface area contributed by atoms with Gasteiger partial charge in [0.05, 0.1) is 0 Å². The molecule has 116 valence electrons. The molecule has 3 amide bonds. The highest BCUT2D eigenvalue weighted by atomic mass is 16.2. The Balaban J connectivity index is 2.22. The van der Waals surface area contributed by atoms with Crippen molar-refractivity contribution in [3.8, 4) is 0 Å². The molecule has 21 heavy (non-hydrogen) atoms. The zero-order valence-corrected chi connectivity index (χ0v) is 13.1. The van der Waals surface area contributed by atoms with Crippen LogP contribution in [0.4, 0.5) is 4.79 Å². The van der Waals surface area contributed by atoms with Crippen LogP contribution >= 0.6 is 0 Å². The van der Waals surface area contributed by atoms with Crippen molar-refractivity contribution < 1.29 is 9.59 Å². The molecule has 0 aliphatic carbocycles. The Labute approximate surface area is 126 Å². The molecule has 5 nitrogen and oxygen atoms in total. The van der Waals surface area contributed by atoms with Crippen molar-refractivity contribution in [1.29, 1.82) is 0 Å². The number of nitrogens with one attached hydrogen (secondary N) is 2. The molecule has 1 rings (SSSR count). The Morgan fingerprint density at radius 1 is 1.14 bits per heavy atom. The molecule has 0 aliphatic heterocycles. The predicted octanol–water partition coefficient (Wildman–Crippen LogP) is 1.99.